The Labute approximate surface area is 130 Å². The smallest absolute Gasteiger partial charge is 0.220 e. The Morgan fingerprint density at radius 2 is 2.10 bits per heavy atom. The lowest BCUT2D eigenvalue weighted by molar-refractivity contribution is -0.121. The van der Waals surface area contributed by atoms with Crippen LogP contribution in [0, 0.1) is 0 Å². The maximum absolute atomic E-state index is 11.5. The van der Waals surface area contributed by atoms with E-state index >= 15 is 0 Å². The van der Waals surface area contributed by atoms with Gasteiger partial charge in [0.15, 0.2) is 0 Å². The number of benzene rings is 1. The molecule has 1 amide bonds. The molecule has 0 heterocycles. The molecule has 0 unspecified atom stereocenters. The standard InChI is InChI=1S/C16H24BrNO2/c1-3-5-10-18-16(19)7-6-11-20-15-9-8-13(4-2)12-14(15)17/h8-9,12H,3-7,10-11H2,1-2H3,(H,18,19). The monoisotopic (exact) mass is 341 g/mol. The molecule has 1 aromatic rings. The Balaban J connectivity index is 2.22. The molecular weight excluding hydrogens is 318 g/mol. The molecule has 3 nitrogen and oxygen atoms in total. The van der Waals surface area contributed by atoms with Gasteiger partial charge in [0.05, 0.1) is 11.1 Å². The zero-order valence-electron chi connectivity index (χ0n) is 12.4. The summed E-state index contributed by atoms with van der Waals surface area (Å²) in [5, 5.41) is 2.90. The van der Waals surface area contributed by atoms with Crippen molar-refractivity contribution >= 4 is 21.8 Å². The minimum absolute atomic E-state index is 0.113. The van der Waals surface area contributed by atoms with Crippen LogP contribution in [0.15, 0.2) is 22.7 Å². The molecule has 4 heteroatoms. The van der Waals surface area contributed by atoms with Crippen LogP contribution in [0.25, 0.3) is 0 Å². The average Bonchev–Trinajstić information content (AvgIpc) is 2.45. The highest BCUT2D eigenvalue weighted by atomic mass is 79.9. The quantitative estimate of drug-likeness (QED) is 0.687. The first-order chi connectivity index (χ1) is 9.67. The van der Waals surface area contributed by atoms with Crippen molar-refractivity contribution in [2.45, 2.75) is 46.0 Å². The van der Waals surface area contributed by atoms with Gasteiger partial charge in [0, 0.05) is 13.0 Å². The van der Waals surface area contributed by atoms with Gasteiger partial charge in [-0.2, -0.15) is 0 Å². The van der Waals surface area contributed by atoms with Crippen LogP contribution < -0.4 is 10.1 Å². The van der Waals surface area contributed by atoms with E-state index in [1.165, 1.54) is 5.56 Å². The third-order valence-corrected chi connectivity index (χ3v) is 3.68. The number of nitrogens with one attached hydrogen (secondary N) is 1. The molecule has 0 aliphatic heterocycles. The van der Waals surface area contributed by atoms with Gasteiger partial charge in [0.25, 0.3) is 0 Å². The fourth-order valence-electron chi connectivity index (χ4n) is 1.79. The number of carbonyl (C=O) groups is 1. The minimum atomic E-state index is 0.113. The van der Waals surface area contributed by atoms with Crippen LogP contribution in [0.5, 0.6) is 5.75 Å². The van der Waals surface area contributed by atoms with Crippen LogP contribution in [-0.2, 0) is 11.2 Å². The molecule has 0 aliphatic carbocycles. The Morgan fingerprint density at radius 3 is 2.75 bits per heavy atom. The normalized spacial score (nSPS) is 10.3. The number of aryl methyl sites for hydroxylation is 1. The topological polar surface area (TPSA) is 38.3 Å². The van der Waals surface area contributed by atoms with E-state index in [2.05, 4.69) is 47.2 Å². The molecule has 0 saturated heterocycles. The molecular formula is C16H24BrNO2. The van der Waals surface area contributed by atoms with Gasteiger partial charge in [-0.1, -0.05) is 26.3 Å². The van der Waals surface area contributed by atoms with Crippen LogP contribution in [0.3, 0.4) is 0 Å². The first-order valence-corrected chi connectivity index (χ1v) is 8.14. The summed E-state index contributed by atoms with van der Waals surface area (Å²) in [6.45, 7) is 5.58. The third kappa shape index (κ3) is 6.42. The van der Waals surface area contributed by atoms with Crippen molar-refractivity contribution < 1.29 is 9.53 Å². The molecule has 0 radical (unpaired) electrons. The van der Waals surface area contributed by atoms with Crippen molar-refractivity contribution in [3.63, 3.8) is 0 Å². The van der Waals surface area contributed by atoms with E-state index in [-0.39, 0.29) is 5.91 Å². The predicted octanol–water partition coefficient (Wildman–Crippen LogP) is 4.09. The number of halogens is 1. The van der Waals surface area contributed by atoms with Gasteiger partial charge in [-0.15, -0.1) is 0 Å². The molecule has 112 valence electrons. The van der Waals surface area contributed by atoms with Crippen molar-refractivity contribution in [3.8, 4) is 5.75 Å². The number of hydrogen-bond acceptors (Lipinski definition) is 2. The molecule has 0 aliphatic rings. The number of rotatable bonds is 9. The van der Waals surface area contributed by atoms with Crippen LogP contribution in [0.1, 0.15) is 45.1 Å². The number of unbranched alkanes of at least 4 members (excludes halogenated alkanes) is 1. The van der Waals surface area contributed by atoms with Crippen molar-refractivity contribution in [2.24, 2.45) is 0 Å². The zero-order chi connectivity index (χ0) is 14.8. The van der Waals surface area contributed by atoms with Crippen LogP contribution >= 0.6 is 15.9 Å². The maximum Gasteiger partial charge on any atom is 0.220 e. The summed E-state index contributed by atoms with van der Waals surface area (Å²) in [5.41, 5.74) is 1.28. The maximum atomic E-state index is 11.5. The first-order valence-electron chi connectivity index (χ1n) is 7.35. The van der Waals surface area contributed by atoms with E-state index in [0.29, 0.717) is 13.0 Å². The Kier molecular flexibility index (Phi) is 8.35. The van der Waals surface area contributed by atoms with Gasteiger partial charge in [-0.05, 0) is 52.9 Å². The number of amides is 1. The molecule has 0 spiro atoms. The molecule has 1 aromatic carbocycles. The molecule has 0 bridgehead atoms. The molecule has 0 fully saturated rings. The van der Waals surface area contributed by atoms with E-state index in [1.54, 1.807) is 0 Å². The molecule has 0 saturated carbocycles. The summed E-state index contributed by atoms with van der Waals surface area (Å²) in [4.78, 5) is 11.5. The highest BCUT2D eigenvalue weighted by Crippen LogP contribution is 2.26. The summed E-state index contributed by atoms with van der Waals surface area (Å²) in [6.07, 6.45) is 4.41. The van der Waals surface area contributed by atoms with Gasteiger partial charge >= 0.3 is 0 Å². The third-order valence-electron chi connectivity index (χ3n) is 3.06. The Bertz CT molecular complexity index is 421. The molecule has 0 aromatic heterocycles. The second kappa shape index (κ2) is 9.81. The molecule has 0 atom stereocenters. The van der Waals surface area contributed by atoms with Crippen LogP contribution in [-0.4, -0.2) is 19.1 Å². The Morgan fingerprint density at radius 1 is 1.30 bits per heavy atom. The van der Waals surface area contributed by atoms with Crippen molar-refractivity contribution in [1.29, 1.82) is 0 Å². The van der Waals surface area contributed by atoms with Crippen molar-refractivity contribution in [2.75, 3.05) is 13.2 Å². The first kappa shape index (κ1) is 17.0. The van der Waals surface area contributed by atoms with Gasteiger partial charge < -0.3 is 10.1 Å². The molecule has 1 rings (SSSR count). The van der Waals surface area contributed by atoms with Gasteiger partial charge in [-0.3, -0.25) is 4.79 Å². The van der Waals surface area contributed by atoms with Crippen LogP contribution in [0.2, 0.25) is 0 Å². The van der Waals surface area contributed by atoms with Gasteiger partial charge in [0.1, 0.15) is 5.75 Å². The van der Waals surface area contributed by atoms with Gasteiger partial charge in [-0.25, -0.2) is 0 Å². The van der Waals surface area contributed by atoms with E-state index < -0.39 is 0 Å². The summed E-state index contributed by atoms with van der Waals surface area (Å²) >= 11 is 3.51. The van der Waals surface area contributed by atoms with E-state index in [0.717, 1.165) is 42.5 Å². The van der Waals surface area contributed by atoms with E-state index in [9.17, 15) is 4.79 Å². The lowest BCUT2D eigenvalue weighted by Crippen LogP contribution is -2.24. The fraction of sp³-hybridized carbons (Fsp3) is 0.562. The number of hydrogen-bond donors (Lipinski definition) is 1. The summed E-state index contributed by atoms with van der Waals surface area (Å²) in [5.74, 6) is 0.955. The minimum Gasteiger partial charge on any atom is -0.492 e. The summed E-state index contributed by atoms with van der Waals surface area (Å²) in [7, 11) is 0. The predicted molar refractivity (Wildman–Crippen MR) is 86.2 cm³/mol. The highest BCUT2D eigenvalue weighted by molar-refractivity contribution is 9.10. The van der Waals surface area contributed by atoms with E-state index in [4.69, 9.17) is 4.74 Å². The summed E-state index contributed by atoms with van der Waals surface area (Å²) in [6, 6.07) is 6.12. The zero-order valence-corrected chi connectivity index (χ0v) is 14.0. The molecule has 1 N–H and O–H groups in total. The SMILES string of the molecule is CCCCNC(=O)CCCOc1ccc(CC)cc1Br. The van der Waals surface area contributed by atoms with Crippen molar-refractivity contribution in [1.82, 2.24) is 5.32 Å². The average molecular weight is 342 g/mol. The van der Waals surface area contributed by atoms with Gasteiger partial charge in [0.2, 0.25) is 5.91 Å². The summed E-state index contributed by atoms with van der Waals surface area (Å²) < 4.78 is 6.66. The highest BCUT2D eigenvalue weighted by Gasteiger charge is 2.04. The second-order valence-corrected chi connectivity index (χ2v) is 5.63. The largest absolute Gasteiger partial charge is 0.492 e. The van der Waals surface area contributed by atoms with E-state index in [1.807, 2.05) is 6.07 Å². The van der Waals surface area contributed by atoms with Crippen LogP contribution in [0.4, 0.5) is 0 Å². The second-order valence-electron chi connectivity index (χ2n) is 4.77. The lowest BCUT2D eigenvalue weighted by Gasteiger charge is -2.09. The fourth-order valence-corrected chi connectivity index (χ4v) is 2.33. The number of carbonyl (C=O) groups excluding carboxylic acids is 1. The lowest BCUT2D eigenvalue weighted by atomic mass is 10.2. The number of ether oxygens (including phenoxy) is 1. The molecule has 20 heavy (non-hydrogen) atoms. The Hall–Kier alpha value is -1.03. The van der Waals surface area contributed by atoms with Crippen molar-refractivity contribution in [3.05, 3.63) is 28.2 Å².